The van der Waals surface area contributed by atoms with Crippen LogP contribution in [0.3, 0.4) is 0 Å². The summed E-state index contributed by atoms with van der Waals surface area (Å²) >= 11 is 0. The summed E-state index contributed by atoms with van der Waals surface area (Å²) in [5.41, 5.74) is 0. The van der Waals surface area contributed by atoms with Gasteiger partial charge in [-0.3, -0.25) is 4.79 Å². The lowest BCUT2D eigenvalue weighted by Gasteiger charge is -2.48. The summed E-state index contributed by atoms with van der Waals surface area (Å²) in [6.45, 7) is 1.78. The Balaban J connectivity index is 1.50. The minimum atomic E-state index is -1.97. The Hall–Kier alpha value is -1.47. The predicted octanol–water partition coefficient (Wildman–Crippen LogP) is 4.99. The number of allylic oxidation sites excluding steroid dienone is 2. The summed E-state index contributed by atoms with van der Waals surface area (Å²) in [4.78, 5) is 13.3. The molecule has 3 aliphatic rings. The number of rotatable bonds is 44. The van der Waals surface area contributed by atoms with Crippen LogP contribution in [0.5, 0.6) is 0 Å². The maximum absolute atomic E-state index is 13.3. The zero-order valence-corrected chi connectivity index (χ0v) is 46.5. The van der Waals surface area contributed by atoms with E-state index in [1.807, 2.05) is 0 Å². The molecule has 0 aromatic rings. The van der Waals surface area contributed by atoms with Crippen molar-refractivity contribution in [2.75, 3.05) is 26.4 Å². The Kier molecular flexibility index (Phi) is 37.6. The largest absolute Gasteiger partial charge is 0.394 e. The van der Waals surface area contributed by atoms with E-state index in [4.69, 9.17) is 28.4 Å². The highest BCUT2D eigenvalue weighted by molar-refractivity contribution is 5.76. The Bertz CT molecular complexity index is 1450. The quantitative estimate of drug-likeness (QED) is 0.0283. The molecule has 3 saturated heterocycles. The van der Waals surface area contributed by atoms with Gasteiger partial charge < -0.3 is 89.9 Å². The zero-order valence-electron chi connectivity index (χ0n) is 46.5. The third kappa shape index (κ3) is 25.5. The van der Waals surface area contributed by atoms with Gasteiger partial charge in [0.1, 0.15) is 73.2 Å². The van der Waals surface area contributed by atoms with Gasteiger partial charge in [-0.15, -0.1) is 0 Å². The standard InChI is InChI=1S/C57H107NO18/c1-3-5-7-9-11-13-15-17-19-20-21-23-25-27-29-31-33-35-45(63)58-40(41(62)34-32-30-28-26-24-22-18-16-14-12-10-8-6-4-2)39-71-55-51(69)48(66)53(43(37-60)73-55)76-57-52(70)49(67)54(44(38-61)74-57)75-56-50(68)47(65)46(64)42(36-59)72-56/h17,19,40-44,46-57,59-62,64-70H,3-16,18,20-39H2,1-2H3,(H,58,63)/b19-17-. The predicted molar refractivity (Wildman–Crippen MR) is 287 cm³/mol. The van der Waals surface area contributed by atoms with Gasteiger partial charge in [-0.1, -0.05) is 180 Å². The number of hydrogen-bond donors (Lipinski definition) is 12. The van der Waals surface area contributed by atoms with Crippen molar-refractivity contribution in [3.8, 4) is 0 Å². The van der Waals surface area contributed by atoms with Gasteiger partial charge in [0.05, 0.1) is 38.6 Å². The van der Waals surface area contributed by atoms with E-state index < -0.39 is 124 Å². The number of aliphatic hydroxyl groups excluding tert-OH is 11. The van der Waals surface area contributed by atoms with Crippen molar-refractivity contribution in [1.82, 2.24) is 5.32 Å². The molecule has 76 heavy (non-hydrogen) atoms. The molecule has 17 atom stereocenters. The molecule has 0 radical (unpaired) electrons. The highest BCUT2D eigenvalue weighted by atomic mass is 16.8. The summed E-state index contributed by atoms with van der Waals surface area (Å²) in [6.07, 6.45) is 12.9. The van der Waals surface area contributed by atoms with Gasteiger partial charge in [-0.2, -0.15) is 0 Å². The fourth-order valence-corrected chi connectivity index (χ4v) is 10.4. The summed E-state index contributed by atoms with van der Waals surface area (Å²) in [7, 11) is 0. The Morgan fingerprint density at radius 1 is 0.461 bits per heavy atom. The average Bonchev–Trinajstić information content (AvgIpc) is 3.41. The SMILES string of the molecule is CCCCCCCC/C=C\CCCCCCCCCC(=O)NC(COC1OC(CO)C(OC2OC(CO)C(OC3OC(CO)C(O)C(O)C3O)C(O)C2O)C(O)C1O)C(O)CCCCCCCCCCCCCCCC. The van der Waals surface area contributed by atoms with E-state index in [0.29, 0.717) is 12.8 Å². The van der Waals surface area contributed by atoms with Crippen LogP contribution in [0.4, 0.5) is 0 Å². The highest BCUT2D eigenvalue weighted by Crippen LogP contribution is 2.33. The molecular formula is C57H107NO18. The number of amides is 1. The first kappa shape index (κ1) is 68.8. The van der Waals surface area contributed by atoms with Gasteiger partial charge in [0.25, 0.3) is 0 Å². The third-order valence-corrected chi connectivity index (χ3v) is 15.3. The van der Waals surface area contributed by atoms with Gasteiger partial charge in [-0.05, 0) is 38.5 Å². The van der Waals surface area contributed by atoms with Crippen LogP contribution in [0.15, 0.2) is 12.2 Å². The maximum Gasteiger partial charge on any atom is 0.220 e. The number of carbonyl (C=O) groups is 1. The van der Waals surface area contributed by atoms with Crippen LogP contribution in [-0.2, 0) is 33.2 Å². The van der Waals surface area contributed by atoms with Crippen LogP contribution >= 0.6 is 0 Å². The molecular weight excluding hydrogens is 987 g/mol. The first-order valence-corrected chi connectivity index (χ1v) is 29.9. The molecule has 0 aromatic heterocycles. The number of aliphatic hydroxyl groups is 11. The molecule has 12 N–H and O–H groups in total. The Morgan fingerprint density at radius 2 is 0.829 bits per heavy atom. The van der Waals surface area contributed by atoms with Gasteiger partial charge in [-0.25, -0.2) is 0 Å². The van der Waals surface area contributed by atoms with E-state index in [2.05, 4.69) is 31.3 Å². The van der Waals surface area contributed by atoms with Crippen molar-refractivity contribution < 1.29 is 89.4 Å². The van der Waals surface area contributed by atoms with Crippen LogP contribution in [-0.4, -0.2) is 193 Å². The topological polar surface area (TPSA) is 307 Å². The zero-order chi connectivity index (χ0) is 55.5. The van der Waals surface area contributed by atoms with E-state index in [-0.39, 0.29) is 18.9 Å². The van der Waals surface area contributed by atoms with E-state index in [9.17, 15) is 61.0 Å². The van der Waals surface area contributed by atoms with Crippen LogP contribution in [0.1, 0.15) is 213 Å². The van der Waals surface area contributed by atoms with Gasteiger partial charge >= 0.3 is 0 Å². The lowest BCUT2D eigenvalue weighted by molar-refractivity contribution is -0.379. The lowest BCUT2D eigenvalue weighted by Crippen LogP contribution is -2.66. The number of unbranched alkanes of at least 4 members (excludes halogenated alkanes) is 26. The highest BCUT2D eigenvalue weighted by Gasteiger charge is 2.53. The maximum atomic E-state index is 13.3. The van der Waals surface area contributed by atoms with Crippen LogP contribution in [0.2, 0.25) is 0 Å². The van der Waals surface area contributed by atoms with Crippen LogP contribution in [0.25, 0.3) is 0 Å². The minimum absolute atomic E-state index is 0.247. The molecule has 0 aliphatic carbocycles. The molecule has 0 bridgehead atoms. The monoisotopic (exact) mass is 1090 g/mol. The normalized spacial score (nSPS) is 31.0. The fourth-order valence-electron chi connectivity index (χ4n) is 10.4. The summed E-state index contributed by atoms with van der Waals surface area (Å²) in [6, 6.07) is -0.885. The number of nitrogens with one attached hydrogen (secondary N) is 1. The number of ether oxygens (including phenoxy) is 6. The summed E-state index contributed by atoms with van der Waals surface area (Å²) < 4.78 is 34.3. The molecule has 19 nitrogen and oxygen atoms in total. The van der Waals surface area contributed by atoms with E-state index in [1.165, 1.54) is 122 Å². The number of hydrogen-bond acceptors (Lipinski definition) is 18. The Morgan fingerprint density at radius 3 is 1.28 bits per heavy atom. The molecule has 448 valence electrons. The molecule has 19 heteroatoms. The second-order valence-corrected chi connectivity index (χ2v) is 21.8. The molecule has 3 fully saturated rings. The van der Waals surface area contributed by atoms with Gasteiger partial charge in [0.15, 0.2) is 18.9 Å². The lowest BCUT2D eigenvalue weighted by atomic mass is 9.96. The van der Waals surface area contributed by atoms with E-state index in [1.54, 1.807) is 0 Å². The van der Waals surface area contributed by atoms with Gasteiger partial charge in [0.2, 0.25) is 5.91 Å². The second kappa shape index (κ2) is 41.5. The first-order chi connectivity index (χ1) is 36.8. The molecule has 3 aliphatic heterocycles. The smallest absolute Gasteiger partial charge is 0.220 e. The third-order valence-electron chi connectivity index (χ3n) is 15.3. The summed E-state index contributed by atoms with van der Waals surface area (Å²) in [5, 5.41) is 120. The van der Waals surface area contributed by atoms with Crippen molar-refractivity contribution in [2.45, 2.75) is 317 Å². The number of carbonyl (C=O) groups excluding carboxylic acids is 1. The molecule has 3 heterocycles. The molecule has 0 spiro atoms. The van der Waals surface area contributed by atoms with Crippen molar-refractivity contribution in [3.63, 3.8) is 0 Å². The van der Waals surface area contributed by atoms with Crippen LogP contribution in [0, 0.1) is 0 Å². The van der Waals surface area contributed by atoms with Gasteiger partial charge in [0, 0.05) is 6.42 Å². The van der Waals surface area contributed by atoms with Crippen molar-refractivity contribution >= 4 is 5.91 Å². The Labute approximate surface area is 455 Å². The van der Waals surface area contributed by atoms with E-state index >= 15 is 0 Å². The minimum Gasteiger partial charge on any atom is -0.394 e. The molecule has 1 amide bonds. The summed E-state index contributed by atoms with van der Waals surface area (Å²) in [5.74, 6) is -0.247. The fraction of sp³-hybridized carbons (Fsp3) is 0.947. The first-order valence-electron chi connectivity index (χ1n) is 29.9. The molecule has 17 unspecified atom stereocenters. The molecule has 0 saturated carbocycles. The van der Waals surface area contributed by atoms with E-state index in [0.717, 1.165) is 57.8 Å². The van der Waals surface area contributed by atoms with Crippen molar-refractivity contribution in [3.05, 3.63) is 12.2 Å². The van der Waals surface area contributed by atoms with Crippen molar-refractivity contribution in [1.29, 1.82) is 0 Å². The average molecular weight is 1090 g/mol. The van der Waals surface area contributed by atoms with Crippen molar-refractivity contribution in [2.24, 2.45) is 0 Å². The molecule has 3 rings (SSSR count). The second-order valence-electron chi connectivity index (χ2n) is 21.8. The molecule has 0 aromatic carbocycles. The van der Waals surface area contributed by atoms with Crippen LogP contribution < -0.4 is 5.32 Å².